The molecule has 0 bridgehead atoms. The molecule has 1 atom stereocenters. The fourth-order valence-electron chi connectivity index (χ4n) is 2.68. The Kier molecular flexibility index (Phi) is 5.60. The van der Waals surface area contributed by atoms with E-state index >= 15 is 0 Å². The minimum absolute atomic E-state index is 0.0834. The standard InChI is InChI=1S/C22H17NO5/c1-15(22(25)28-20-12-10-19(11-13-20)23(26)27)17-8-5-9-18(14-17)21(24)16-6-3-2-4-7-16/h2-15H,1H3. The van der Waals surface area contributed by atoms with Gasteiger partial charge in [-0.3, -0.25) is 19.7 Å². The van der Waals surface area contributed by atoms with Gasteiger partial charge in [0, 0.05) is 23.3 Å². The fraction of sp³-hybridized carbons (Fsp3) is 0.0909. The molecule has 0 saturated carbocycles. The van der Waals surface area contributed by atoms with Crippen molar-refractivity contribution in [2.24, 2.45) is 0 Å². The van der Waals surface area contributed by atoms with Crippen molar-refractivity contribution < 1.29 is 19.2 Å². The predicted octanol–water partition coefficient (Wildman–Crippen LogP) is 4.53. The van der Waals surface area contributed by atoms with Crippen LogP contribution in [0, 0.1) is 10.1 Å². The first-order valence-corrected chi connectivity index (χ1v) is 8.61. The number of esters is 1. The van der Waals surface area contributed by atoms with Gasteiger partial charge in [0.25, 0.3) is 5.69 Å². The van der Waals surface area contributed by atoms with Gasteiger partial charge in [0.2, 0.25) is 0 Å². The number of rotatable bonds is 6. The molecule has 6 nitrogen and oxygen atoms in total. The number of hydrogen-bond acceptors (Lipinski definition) is 5. The molecule has 0 aliphatic carbocycles. The molecule has 0 N–H and O–H groups in total. The average Bonchev–Trinajstić information content (AvgIpc) is 2.73. The monoisotopic (exact) mass is 375 g/mol. The van der Waals surface area contributed by atoms with Gasteiger partial charge in [-0.25, -0.2) is 0 Å². The minimum Gasteiger partial charge on any atom is -0.426 e. The van der Waals surface area contributed by atoms with Gasteiger partial charge in [-0.15, -0.1) is 0 Å². The Labute approximate surface area is 161 Å². The third-order valence-electron chi connectivity index (χ3n) is 4.30. The van der Waals surface area contributed by atoms with Crippen LogP contribution in [0.25, 0.3) is 0 Å². The highest BCUT2D eigenvalue weighted by Crippen LogP contribution is 2.23. The van der Waals surface area contributed by atoms with Crippen molar-refractivity contribution in [3.05, 3.63) is 106 Å². The second-order valence-corrected chi connectivity index (χ2v) is 6.21. The molecular formula is C22H17NO5. The number of benzene rings is 3. The summed E-state index contributed by atoms with van der Waals surface area (Å²) in [6, 6.07) is 21.0. The molecule has 3 rings (SSSR count). The van der Waals surface area contributed by atoms with Crippen LogP contribution < -0.4 is 4.74 Å². The van der Waals surface area contributed by atoms with Crippen LogP contribution in [0.5, 0.6) is 5.75 Å². The number of ketones is 1. The van der Waals surface area contributed by atoms with Crippen molar-refractivity contribution in [3.63, 3.8) is 0 Å². The normalized spacial score (nSPS) is 11.5. The number of non-ortho nitro benzene ring substituents is 1. The molecule has 0 amide bonds. The molecule has 0 aromatic heterocycles. The Bertz CT molecular complexity index is 1010. The van der Waals surface area contributed by atoms with Crippen molar-refractivity contribution in [2.45, 2.75) is 12.8 Å². The highest BCUT2D eigenvalue weighted by molar-refractivity contribution is 6.09. The summed E-state index contributed by atoms with van der Waals surface area (Å²) in [6.07, 6.45) is 0. The zero-order valence-corrected chi connectivity index (χ0v) is 15.1. The van der Waals surface area contributed by atoms with E-state index in [4.69, 9.17) is 4.74 Å². The van der Waals surface area contributed by atoms with Gasteiger partial charge in [0.15, 0.2) is 5.78 Å². The first-order chi connectivity index (χ1) is 13.5. The largest absolute Gasteiger partial charge is 0.426 e. The molecule has 28 heavy (non-hydrogen) atoms. The van der Waals surface area contributed by atoms with Crippen molar-refractivity contribution in [2.75, 3.05) is 0 Å². The highest BCUT2D eigenvalue weighted by Gasteiger charge is 2.20. The minimum atomic E-state index is -0.612. The average molecular weight is 375 g/mol. The number of nitro benzene ring substituents is 1. The van der Waals surface area contributed by atoms with E-state index < -0.39 is 16.8 Å². The first kappa shape index (κ1) is 19.0. The Morgan fingerprint density at radius 2 is 1.54 bits per heavy atom. The van der Waals surface area contributed by atoms with Crippen molar-refractivity contribution in [3.8, 4) is 5.75 Å². The van der Waals surface area contributed by atoms with Crippen molar-refractivity contribution >= 4 is 17.4 Å². The summed E-state index contributed by atoms with van der Waals surface area (Å²) < 4.78 is 5.30. The Hall–Kier alpha value is -3.80. The van der Waals surface area contributed by atoms with E-state index in [9.17, 15) is 19.7 Å². The molecule has 0 aliphatic heterocycles. The van der Waals surface area contributed by atoms with Gasteiger partial charge < -0.3 is 4.74 Å². The van der Waals surface area contributed by atoms with Crippen LogP contribution in [0.15, 0.2) is 78.9 Å². The topological polar surface area (TPSA) is 86.5 Å². The number of nitrogens with zero attached hydrogens (tertiary/aromatic N) is 1. The zero-order valence-electron chi connectivity index (χ0n) is 15.1. The molecule has 0 spiro atoms. The van der Waals surface area contributed by atoms with E-state index in [0.717, 1.165) is 0 Å². The van der Waals surface area contributed by atoms with Gasteiger partial charge in [-0.2, -0.15) is 0 Å². The Morgan fingerprint density at radius 3 is 2.18 bits per heavy atom. The summed E-state index contributed by atoms with van der Waals surface area (Å²) in [5.74, 6) is -1.03. The molecule has 0 aliphatic rings. The SMILES string of the molecule is CC(C(=O)Oc1ccc([N+](=O)[O-])cc1)c1cccc(C(=O)c2ccccc2)c1. The third kappa shape index (κ3) is 4.29. The maximum atomic E-state index is 12.6. The van der Waals surface area contributed by atoms with Gasteiger partial charge in [0.1, 0.15) is 5.75 Å². The molecule has 3 aromatic carbocycles. The molecule has 0 radical (unpaired) electrons. The fourth-order valence-corrected chi connectivity index (χ4v) is 2.68. The van der Waals surface area contributed by atoms with Crippen LogP contribution in [0.4, 0.5) is 5.69 Å². The van der Waals surface area contributed by atoms with Crippen LogP contribution >= 0.6 is 0 Å². The highest BCUT2D eigenvalue weighted by atomic mass is 16.6. The zero-order chi connectivity index (χ0) is 20.1. The first-order valence-electron chi connectivity index (χ1n) is 8.61. The summed E-state index contributed by atoms with van der Waals surface area (Å²) >= 11 is 0. The molecule has 1 unspecified atom stereocenters. The van der Waals surface area contributed by atoms with Gasteiger partial charge in [-0.1, -0.05) is 48.5 Å². The van der Waals surface area contributed by atoms with Crippen LogP contribution in [0.2, 0.25) is 0 Å². The number of nitro groups is 1. The second kappa shape index (κ2) is 8.26. The van der Waals surface area contributed by atoms with Crippen LogP contribution in [-0.4, -0.2) is 16.7 Å². The summed E-state index contributed by atoms with van der Waals surface area (Å²) in [5.41, 5.74) is 1.62. The molecule has 140 valence electrons. The van der Waals surface area contributed by atoms with Gasteiger partial charge in [-0.05, 0) is 30.7 Å². The number of carbonyl (C=O) groups excluding carboxylic acids is 2. The summed E-state index contributed by atoms with van der Waals surface area (Å²) in [5, 5.41) is 10.7. The van der Waals surface area contributed by atoms with Crippen LogP contribution in [0.3, 0.4) is 0 Å². The van der Waals surface area contributed by atoms with E-state index in [1.54, 1.807) is 55.5 Å². The van der Waals surface area contributed by atoms with Gasteiger partial charge in [0.05, 0.1) is 10.8 Å². The smallest absolute Gasteiger partial charge is 0.318 e. The van der Waals surface area contributed by atoms with E-state index in [-0.39, 0.29) is 17.2 Å². The quantitative estimate of drug-likeness (QED) is 0.208. The van der Waals surface area contributed by atoms with Gasteiger partial charge >= 0.3 is 5.97 Å². The maximum Gasteiger partial charge on any atom is 0.318 e. The maximum absolute atomic E-state index is 12.6. The summed E-state index contributed by atoms with van der Waals surface area (Å²) in [7, 11) is 0. The van der Waals surface area contributed by atoms with E-state index in [1.165, 1.54) is 24.3 Å². The van der Waals surface area contributed by atoms with Crippen LogP contribution in [-0.2, 0) is 4.79 Å². The van der Waals surface area contributed by atoms with Crippen molar-refractivity contribution in [1.29, 1.82) is 0 Å². The molecule has 0 saturated heterocycles. The molecule has 6 heteroatoms. The van der Waals surface area contributed by atoms with E-state index in [0.29, 0.717) is 16.7 Å². The Morgan fingerprint density at radius 1 is 0.893 bits per heavy atom. The number of ether oxygens (including phenoxy) is 1. The lowest BCUT2D eigenvalue weighted by atomic mass is 9.96. The number of hydrogen-bond donors (Lipinski definition) is 0. The third-order valence-corrected chi connectivity index (χ3v) is 4.30. The lowest BCUT2D eigenvalue weighted by molar-refractivity contribution is -0.384. The van der Waals surface area contributed by atoms with E-state index in [1.807, 2.05) is 6.07 Å². The molecule has 0 heterocycles. The lowest BCUT2D eigenvalue weighted by Crippen LogP contribution is -2.16. The van der Waals surface area contributed by atoms with E-state index in [2.05, 4.69) is 0 Å². The van der Waals surface area contributed by atoms with Crippen molar-refractivity contribution in [1.82, 2.24) is 0 Å². The second-order valence-electron chi connectivity index (χ2n) is 6.21. The summed E-state index contributed by atoms with van der Waals surface area (Å²) in [4.78, 5) is 35.2. The lowest BCUT2D eigenvalue weighted by Gasteiger charge is -2.12. The predicted molar refractivity (Wildman–Crippen MR) is 103 cm³/mol. The number of carbonyl (C=O) groups is 2. The van der Waals surface area contributed by atoms with Crippen LogP contribution in [0.1, 0.15) is 34.3 Å². The summed E-state index contributed by atoms with van der Waals surface area (Å²) in [6.45, 7) is 1.68. The molecular weight excluding hydrogens is 358 g/mol. The molecule has 0 fully saturated rings. The Balaban J connectivity index is 1.75. The molecule has 3 aromatic rings.